The van der Waals surface area contributed by atoms with Gasteiger partial charge in [-0.2, -0.15) is 5.01 Å². The van der Waals surface area contributed by atoms with E-state index < -0.39 is 6.09 Å². The van der Waals surface area contributed by atoms with Crippen LogP contribution in [0, 0.1) is 0 Å². The number of fused-ring (bicyclic) bond motifs is 1. The fourth-order valence-electron chi connectivity index (χ4n) is 3.23. The molecule has 1 aromatic heterocycles. The number of carbonyl (C=O) groups is 1. The van der Waals surface area contributed by atoms with E-state index in [1.54, 1.807) is 5.01 Å². The molecule has 4 heteroatoms. The van der Waals surface area contributed by atoms with Gasteiger partial charge in [0, 0.05) is 10.9 Å². The highest BCUT2D eigenvalue weighted by Gasteiger charge is 2.24. The van der Waals surface area contributed by atoms with Gasteiger partial charge in [-0.15, -0.1) is 0 Å². The van der Waals surface area contributed by atoms with E-state index in [0.29, 0.717) is 6.61 Å². The Kier molecular flexibility index (Phi) is 4.62. The molecule has 0 aliphatic rings. The first-order valence-electron chi connectivity index (χ1n) is 8.97. The van der Waals surface area contributed by atoms with Crippen molar-refractivity contribution >= 4 is 22.7 Å². The Morgan fingerprint density at radius 2 is 1.52 bits per heavy atom. The fraction of sp³-hybridized carbons (Fsp3) is 0.0870. The summed E-state index contributed by atoms with van der Waals surface area (Å²) in [5.41, 5.74) is 3.63. The molecule has 27 heavy (non-hydrogen) atoms. The molecule has 0 spiro atoms. The Labute approximate surface area is 158 Å². The summed E-state index contributed by atoms with van der Waals surface area (Å²) in [6.07, 6.45) is -0.415. The van der Waals surface area contributed by atoms with Crippen molar-refractivity contribution in [3.63, 3.8) is 0 Å². The van der Waals surface area contributed by atoms with Crippen LogP contribution in [-0.4, -0.2) is 17.4 Å². The van der Waals surface area contributed by atoms with Crippen molar-refractivity contribution in [3.05, 3.63) is 91.0 Å². The summed E-state index contributed by atoms with van der Waals surface area (Å²) >= 11 is 0. The van der Waals surface area contributed by atoms with Crippen molar-refractivity contribution in [1.82, 2.24) is 4.68 Å². The molecule has 4 rings (SSSR count). The molecular formula is C23H20N2O2. The molecule has 3 aromatic carbocycles. The molecule has 0 aliphatic heterocycles. The van der Waals surface area contributed by atoms with Crippen LogP contribution in [0.15, 0.2) is 91.0 Å². The van der Waals surface area contributed by atoms with E-state index in [0.717, 1.165) is 27.8 Å². The van der Waals surface area contributed by atoms with Gasteiger partial charge in [-0.1, -0.05) is 66.7 Å². The Morgan fingerprint density at radius 3 is 2.22 bits per heavy atom. The Balaban J connectivity index is 2.00. The number of benzene rings is 3. The molecule has 0 N–H and O–H groups in total. The van der Waals surface area contributed by atoms with Crippen molar-refractivity contribution in [2.24, 2.45) is 0 Å². The second-order valence-electron chi connectivity index (χ2n) is 6.11. The molecule has 0 fully saturated rings. The number of hydrogen-bond acceptors (Lipinski definition) is 2. The van der Waals surface area contributed by atoms with Crippen LogP contribution >= 0.6 is 0 Å². The zero-order valence-corrected chi connectivity index (χ0v) is 15.1. The number of carbonyl (C=O) groups excluding carboxylic acids is 1. The molecular weight excluding hydrogens is 336 g/mol. The second-order valence-corrected chi connectivity index (χ2v) is 6.11. The summed E-state index contributed by atoms with van der Waals surface area (Å²) in [7, 11) is 0. The monoisotopic (exact) mass is 356 g/mol. The Bertz CT molecular complexity index is 1060. The van der Waals surface area contributed by atoms with E-state index in [4.69, 9.17) is 4.74 Å². The van der Waals surface area contributed by atoms with Crippen LogP contribution in [0.4, 0.5) is 10.5 Å². The fourth-order valence-corrected chi connectivity index (χ4v) is 3.23. The smallest absolute Gasteiger partial charge is 0.433 e. The molecule has 4 aromatic rings. The maximum absolute atomic E-state index is 13.0. The van der Waals surface area contributed by atoms with E-state index in [1.165, 1.54) is 0 Å². The number of rotatable bonds is 4. The number of nitrogens with zero attached hydrogens (tertiary/aromatic N) is 2. The van der Waals surface area contributed by atoms with Crippen LogP contribution in [0.2, 0.25) is 0 Å². The van der Waals surface area contributed by atoms with Gasteiger partial charge in [-0.3, -0.25) is 0 Å². The zero-order valence-electron chi connectivity index (χ0n) is 15.1. The summed E-state index contributed by atoms with van der Waals surface area (Å²) < 4.78 is 7.32. The van der Waals surface area contributed by atoms with Crippen molar-refractivity contribution < 1.29 is 9.53 Å². The molecule has 4 nitrogen and oxygen atoms in total. The minimum atomic E-state index is -0.415. The first kappa shape index (κ1) is 16.9. The number of hydrogen-bond donors (Lipinski definition) is 0. The van der Waals surface area contributed by atoms with Gasteiger partial charge in [0.25, 0.3) is 0 Å². The third-order valence-electron chi connectivity index (χ3n) is 4.40. The number of para-hydroxylation sites is 2. The summed E-state index contributed by atoms with van der Waals surface area (Å²) in [5, 5.41) is 2.65. The summed E-state index contributed by atoms with van der Waals surface area (Å²) in [6, 6.07) is 29.7. The normalized spacial score (nSPS) is 10.7. The number of ether oxygens (including phenoxy) is 1. The third kappa shape index (κ3) is 3.17. The third-order valence-corrected chi connectivity index (χ3v) is 4.40. The predicted octanol–water partition coefficient (Wildman–Crippen LogP) is 5.73. The second kappa shape index (κ2) is 7.38. The highest BCUT2D eigenvalue weighted by atomic mass is 16.6. The standard InChI is InChI=1S/C23H20N2O2/c1-2-27-23(26)24(20-14-7-4-8-15-20)25-21-16-10-9-13-19(21)17-22(25)18-11-5-3-6-12-18/h3-17H,2H2,1H3. The van der Waals surface area contributed by atoms with Gasteiger partial charge in [0.15, 0.2) is 0 Å². The lowest BCUT2D eigenvalue weighted by molar-refractivity contribution is 0.157. The summed E-state index contributed by atoms with van der Waals surface area (Å²) in [4.78, 5) is 13.0. The Morgan fingerprint density at radius 1 is 0.889 bits per heavy atom. The van der Waals surface area contributed by atoms with Gasteiger partial charge in [-0.05, 0) is 31.2 Å². The zero-order chi connectivity index (χ0) is 18.6. The number of amides is 1. The lowest BCUT2D eigenvalue weighted by Gasteiger charge is -2.26. The lowest BCUT2D eigenvalue weighted by atomic mass is 10.1. The van der Waals surface area contributed by atoms with Gasteiger partial charge in [-0.25, -0.2) is 9.47 Å². The Hall–Kier alpha value is -3.53. The molecule has 0 saturated carbocycles. The number of aromatic nitrogens is 1. The van der Waals surface area contributed by atoms with Gasteiger partial charge in [0.2, 0.25) is 0 Å². The van der Waals surface area contributed by atoms with E-state index in [-0.39, 0.29) is 0 Å². The van der Waals surface area contributed by atoms with Crippen molar-refractivity contribution in [3.8, 4) is 11.3 Å². The molecule has 1 heterocycles. The maximum Gasteiger partial charge on any atom is 0.433 e. The molecule has 1 amide bonds. The van der Waals surface area contributed by atoms with Crippen LogP contribution in [0.5, 0.6) is 0 Å². The molecule has 0 unspecified atom stereocenters. The van der Waals surface area contributed by atoms with Gasteiger partial charge < -0.3 is 4.74 Å². The average Bonchev–Trinajstić information content (AvgIpc) is 3.09. The van der Waals surface area contributed by atoms with Crippen LogP contribution in [0.1, 0.15) is 6.92 Å². The summed E-state index contributed by atoms with van der Waals surface area (Å²) in [6.45, 7) is 2.12. The van der Waals surface area contributed by atoms with E-state index in [1.807, 2.05) is 96.5 Å². The molecule has 0 bridgehead atoms. The van der Waals surface area contributed by atoms with Gasteiger partial charge in [0.05, 0.1) is 23.5 Å². The molecule has 0 atom stereocenters. The van der Waals surface area contributed by atoms with Crippen molar-refractivity contribution in [1.29, 1.82) is 0 Å². The van der Waals surface area contributed by atoms with Crippen LogP contribution in [0.25, 0.3) is 22.2 Å². The van der Waals surface area contributed by atoms with Gasteiger partial charge >= 0.3 is 6.09 Å². The van der Waals surface area contributed by atoms with Crippen LogP contribution in [-0.2, 0) is 4.74 Å². The molecule has 0 radical (unpaired) electrons. The van der Waals surface area contributed by atoms with E-state index in [2.05, 4.69) is 6.07 Å². The molecule has 134 valence electrons. The summed E-state index contributed by atoms with van der Waals surface area (Å²) in [5.74, 6) is 0. The van der Waals surface area contributed by atoms with Crippen LogP contribution < -0.4 is 5.01 Å². The predicted molar refractivity (Wildman–Crippen MR) is 109 cm³/mol. The highest BCUT2D eigenvalue weighted by molar-refractivity contribution is 5.94. The first-order chi connectivity index (χ1) is 13.3. The molecule has 0 saturated heterocycles. The SMILES string of the molecule is CCOC(=O)N(c1ccccc1)n1c(-c2ccccc2)cc2ccccc21. The lowest BCUT2D eigenvalue weighted by Crippen LogP contribution is -2.36. The quantitative estimate of drug-likeness (QED) is 0.468. The molecule has 0 aliphatic carbocycles. The minimum Gasteiger partial charge on any atom is -0.448 e. The van der Waals surface area contributed by atoms with Crippen molar-refractivity contribution in [2.75, 3.05) is 11.6 Å². The van der Waals surface area contributed by atoms with Gasteiger partial charge in [0.1, 0.15) is 0 Å². The highest BCUT2D eigenvalue weighted by Crippen LogP contribution is 2.31. The largest absolute Gasteiger partial charge is 0.448 e. The minimum absolute atomic E-state index is 0.308. The number of anilines is 1. The van der Waals surface area contributed by atoms with E-state index in [9.17, 15) is 4.79 Å². The van der Waals surface area contributed by atoms with E-state index >= 15 is 0 Å². The first-order valence-corrected chi connectivity index (χ1v) is 8.97. The topological polar surface area (TPSA) is 34.5 Å². The maximum atomic E-state index is 13.0. The average molecular weight is 356 g/mol. The van der Waals surface area contributed by atoms with Crippen LogP contribution in [0.3, 0.4) is 0 Å². The van der Waals surface area contributed by atoms with Crippen molar-refractivity contribution in [2.45, 2.75) is 6.92 Å².